The lowest BCUT2D eigenvalue weighted by Crippen LogP contribution is -2.34. The fraction of sp³-hybridized carbons (Fsp3) is 0.294. The third-order valence-electron chi connectivity index (χ3n) is 3.55. The molecule has 0 aliphatic rings. The maximum Gasteiger partial charge on any atom is 0.0637 e. The van der Waals surface area contributed by atoms with Crippen molar-refractivity contribution in [2.45, 2.75) is 32.7 Å². The van der Waals surface area contributed by atoms with Crippen molar-refractivity contribution in [2.75, 3.05) is 0 Å². The molecule has 0 heterocycles. The van der Waals surface area contributed by atoms with Gasteiger partial charge in [0.05, 0.1) is 5.54 Å². The summed E-state index contributed by atoms with van der Waals surface area (Å²) in [5.41, 5.74) is 11.0. The van der Waals surface area contributed by atoms with Gasteiger partial charge in [0.2, 0.25) is 0 Å². The molecular weight excluding hydrogens is 218 g/mol. The van der Waals surface area contributed by atoms with E-state index < -0.39 is 5.54 Å². The van der Waals surface area contributed by atoms with E-state index in [1.807, 2.05) is 0 Å². The van der Waals surface area contributed by atoms with E-state index in [9.17, 15) is 0 Å². The van der Waals surface area contributed by atoms with Crippen molar-refractivity contribution >= 4 is 0 Å². The van der Waals surface area contributed by atoms with Gasteiger partial charge in [0.25, 0.3) is 0 Å². The molecule has 2 aromatic carbocycles. The molecule has 0 aromatic heterocycles. The van der Waals surface area contributed by atoms with Gasteiger partial charge in [-0.2, -0.15) is 0 Å². The van der Waals surface area contributed by atoms with Crippen molar-refractivity contribution in [3.05, 3.63) is 70.8 Å². The van der Waals surface area contributed by atoms with Crippen LogP contribution in [0.25, 0.3) is 0 Å². The van der Waals surface area contributed by atoms with Crippen LogP contribution in [0.15, 0.2) is 48.5 Å². The maximum atomic E-state index is 6.55. The maximum absolute atomic E-state index is 6.55. The highest BCUT2D eigenvalue weighted by Crippen LogP contribution is 2.27. The topological polar surface area (TPSA) is 26.0 Å². The standard InChI is InChI=1S/C17H21N/c1-4-14-8-6-10-16(12-14)17(3,18)15-9-5-7-13(2)11-15/h5-12H,4,18H2,1-3H3. The summed E-state index contributed by atoms with van der Waals surface area (Å²) in [5.74, 6) is 0. The van der Waals surface area contributed by atoms with Crippen LogP contribution in [0.4, 0.5) is 0 Å². The van der Waals surface area contributed by atoms with Gasteiger partial charge in [-0.05, 0) is 37.0 Å². The van der Waals surface area contributed by atoms with Crippen molar-refractivity contribution in [2.24, 2.45) is 5.73 Å². The molecule has 0 bridgehead atoms. The predicted molar refractivity (Wildman–Crippen MR) is 77.6 cm³/mol. The zero-order valence-corrected chi connectivity index (χ0v) is 11.4. The minimum atomic E-state index is -0.433. The molecular formula is C17H21N. The summed E-state index contributed by atoms with van der Waals surface area (Å²) >= 11 is 0. The smallest absolute Gasteiger partial charge is 0.0637 e. The van der Waals surface area contributed by atoms with Crippen molar-refractivity contribution in [1.82, 2.24) is 0 Å². The zero-order chi connectivity index (χ0) is 13.2. The quantitative estimate of drug-likeness (QED) is 0.866. The molecule has 94 valence electrons. The minimum Gasteiger partial charge on any atom is -0.318 e. The molecule has 0 saturated carbocycles. The number of aryl methyl sites for hydroxylation is 2. The second-order valence-electron chi connectivity index (χ2n) is 5.13. The Labute approximate surface area is 110 Å². The average Bonchev–Trinajstić information content (AvgIpc) is 2.39. The van der Waals surface area contributed by atoms with E-state index in [2.05, 4.69) is 69.3 Å². The Balaban J connectivity index is 2.46. The highest BCUT2D eigenvalue weighted by Gasteiger charge is 2.23. The van der Waals surface area contributed by atoms with Crippen molar-refractivity contribution < 1.29 is 0 Å². The van der Waals surface area contributed by atoms with Crippen LogP contribution >= 0.6 is 0 Å². The largest absolute Gasteiger partial charge is 0.318 e. The Kier molecular flexibility index (Phi) is 3.53. The molecule has 2 N–H and O–H groups in total. The second-order valence-corrected chi connectivity index (χ2v) is 5.13. The van der Waals surface area contributed by atoms with Crippen molar-refractivity contribution in [1.29, 1.82) is 0 Å². The molecule has 1 atom stereocenters. The minimum absolute atomic E-state index is 0.433. The first-order valence-electron chi connectivity index (χ1n) is 6.49. The zero-order valence-electron chi connectivity index (χ0n) is 11.4. The average molecular weight is 239 g/mol. The van der Waals surface area contributed by atoms with Crippen LogP contribution in [0, 0.1) is 6.92 Å². The number of hydrogen-bond donors (Lipinski definition) is 1. The molecule has 0 saturated heterocycles. The number of benzene rings is 2. The molecule has 2 aromatic rings. The predicted octanol–water partition coefficient (Wildman–Crippen LogP) is 3.78. The van der Waals surface area contributed by atoms with Crippen LogP contribution in [0.2, 0.25) is 0 Å². The first-order chi connectivity index (χ1) is 8.54. The molecule has 0 spiro atoms. The molecule has 0 aliphatic carbocycles. The number of nitrogens with two attached hydrogens (primary N) is 1. The molecule has 0 aliphatic heterocycles. The fourth-order valence-corrected chi connectivity index (χ4v) is 2.25. The van der Waals surface area contributed by atoms with E-state index in [1.54, 1.807) is 0 Å². The number of rotatable bonds is 3. The number of hydrogen-bond acceptors (Lipinski definition) is 1. The molecule has 1 nitrogen and oxygen atoms in total. The summed E-state index contributed by atoms with van der Waals surface area (Å²) in [6.45, 7) is 6.35. The molecule has 1 unspecified atom stereocenters. The first-order valence-corrected chi connectivity index (χ1v) is 6.49. The molecule has 0 amide bonds. The SMILES string of the molecule is CCc1cccc(C(C)(N)c2cccc(C)c2)c1. The van der Waals surface area contributed by atoms with Gasteiger partial charge in [0.15, 0.2) is 0 Å². The summed E-state index contributed by atoms with van der Waals surface area (Å²) in [4.78, 5) is 0. The van der Waals surface area contributed by atoms with Crippen LogP contribution < -0.4 is 5.73 Å². The Morgan fingerprint density at radius 1 is 1.00 bits per heavy atom. The van der Waals surface area contributed by atoms with Crippen LogP contribution in [0.1, 0.15) is 36.1 Å². The van der Waals surface area contributed by atoms with Gasteiger partial charge in [-0.25, -0.2) is 0 Å². The van der Waals surface area contributed by atoms with E-state index >= 15 is 0 Å². The summed E-state index contributed by atoms with van der Waals surface area (Å²) in [7, 11) is 0. The Hall–Kier alpha value is -1.60. The highest BCUT2D eigenvalue weighted by molar-refractivity contribution is 5.40. The lowest BCUT2D eigenvalue weighted by molar-refractivity contribution is 0.601. The normalized spacial score (nSPS) is 14.2. The first kappa shape index (κ1) is 12.8. The van der Waals surface area contributed by atoms with Gasteiger partial charge in [0, 0.05) is 0 Å². The molecule has 18 heavy (non-hydrogen) atoms. The van der Waals surface area contributed by atoms with E-state index in [0.717, 1.165) is 12.0 Å². The Morgan fingerprint density at radius 3 is 2.22 bits per heavy atom. The van der Waals surface area contributed by atoms with E-state index in [0.29, 0.717) is 0 Å². The lowest BCUT2D eigenvalue weighted by atomic mass is 9.84. The van der Waals surface area contributed by atoms with Crippen LogP contribution in [-0.4, -0.2) is 0 Å². The van der Waals surface area contributed by atoms with E-state index in [-0.39, 0.29) is 0 Å². The summed E-state index contributed by atoms with van der Waals surface area (Å²) in [6.07, 6.45) is 1.04. The lowest BCUT2D eigenvalue weighted by Gasteiger charge is -2.27. The van der Waals surface area contributed by atoms with Crippen molar-refractivity contribution in [3.63, 3.8) is 0 Å². The summed E-state index contributed by atoms with van der Waals surface area (Å²) in [5, 5.41) is 0. The Morgan fingerprint density at radius 2 is 1.61 bits per heavy atom. The van der Waals surface area contributed by atoms with Crippen LogP contribution in [-0.2, 0) is 12.0 Å². The van der Waals surface area contributed by atoms with Gasteiger partial charge in [-0.1, -0.05) is 61.0 Å². The molecule has 0 fully saturated rings. The third-order valence-corrected chi connectivity index (χ3v) is 3.55. The summed E-state index contributed by atoms with van der Waals surface area (Å²) < 4.78 is 0. The van der Waals surface area contributed by atoms with Gasteiger partial charge < -0.3 is 5.73 Å². The van der Waals surface area contributed by atoms with Crippen LogP contribution in [0.3, 0.4) is 0 Å². The van der Waals surface area contributed by atoms with Crippen LogP contribution in [0.5, 0.6) is 0 Å². The highest BCUT2D eigenvalue weighted by atomic mass is 14.7. The summed E-state index contributed by atoms with van der Waals surface area (Å²) in [6, 6.07) is 17.0. The van der Waals surface area contributed by atoms with Gasteiger partial charge >= 0.3 is 0 Å². The van der Waals surface area contributed by atoms with E-state index in [4.69, 9.17) is 5.73 Å². The van der Waals surface area contributed by atoms with Crippen molar-refractivity contribution in [3.8, 4) is 0 Å². The fourth-order valence-electron chi connectivity index (χ4n) is 2.25. The molecule has 1 heteroatoms. The molecule has 2 rings (SSSR count). The van der Waals surface area contributed by atoms with Gasteiger partial charge in [-0.3, -0.25) is 0 Å². The Bertz CT molecular complexity index is 541. The second kappa shape index (κ2) is 4.95. The van der Waals surface area contributed by atoms with E-state index in [1.165, 1.54) is 16.7 Å². The van der Waals surface area contributed by atoms with Gasteiger partial charge in [0.1, 0.15) is 0 Å². The monoisotopic (exact) mass is 239 g/mol. The third kappa shape index (κ3) is 2.46. The van der Waals surface area contributed by atoms with Gasteiger partial charge in [-0.15, -0.1) is 0 Å². The molecule has 0 radical (unpaired) electrons.